The van der Waals surface area contributed by atoms with Crippen LogP contribution in [-0.2, 0) is 11.2 Å². The molecule has 27 heavy (non-hydrogen) atoms. The fourth-order valence-corrected chi connectivity index (χ4v) is 4.10. The number of methoxy groups -OCH3 is 1. The largest absolute Gasteiger partial charge is 0.497 e. The maximum absolute atomic E-state index is 12.1. The van der Waals surface area contributed by atoms with Crippen LogP contribution in [-0.4, -0.2) is 49.6 Å². The van der Waals surface area contributed by atoms with Crippen molar-refractivity contribution in [2.75, 3.05) is 26.7 Å². The number of rotatable bonds is 6. The minimum Gasteiger partial charge on any atom is -0.497 e. The number of urea groups is 1. The molecule has 6 heteroatoms. The van der Waals surface area contributed by atoms with E-state index in [0.29, 0.717) is 12.5 Å². The van der Waals surface area contributed by atoms with E-state index in [0.717, 1.165) is 63.8 Å². The molecule has 2 N–H and O–H groups in total. The molecule has 0 spiro atoms. The van der Waals surface area contributed by atoms with Crippen LogP contribution < -0.4 is 15.4 Å². The molecule has 0 unspecified atom stereocenters. The number of likely N-dealkylation sites (tertiary alicyclic amines) is 1. The Bertz CT molecular complexity index is 618. The number of benzene rings is 1. The summed E-state index contributed by atoms with van der Waals surface area (Å²) >= 11 is 0. The summed E-state index contributed by atoms with van der Waals surface area (Å²) in [7, 11) is 1.68. The third-order valence-electron chi connectivity index (χ3n) is 5.70. The minimum absolute atomic E-state index is 0.209. The van der Waals surface area contributed by atoms with Crippen molar-refractivity contribution < 1.29 is 14.3 Å². The van der Waals surface area contributed by atoms with Crippen molar-refractivity contribution in [2.45, 2.75) is 51.0 Å². The van der Waals surface area contributed by atoms with Crippen LogP contribution in [0.4, 0.5) is 4.79 Å². The maximum Gasteiger partial charge on any atom is 0.321 e. The second-order valence-corrected chi connectivity index (χ2v) is 7.77. The monoisotopic (exact) mass is 373 g/mol. The lowest BCUT2D eigenvalue weighted by Crippen LogP contribution is -2.48. The molecule has 1 aromatic carbocycles. The highest BCUT2D eigenvalue weighted by Gasteiger charge is 2.23. The molecule has 6 nitrogen and oxygen atoms in total. The number of nitrogens with one attached hydrogen (secondary N) is 2. The lowest BCUT2D eigenvalue weighted by molar-refractivity contribution is -0.121. The number of carbonyl (C=O) groups is 2. The Balaban J connectivity index is 1.34. The fraction of sp³-hybridized carbons (Fsp3) is 0.619. The normalized spacial score (nSPS) is 19.0. The van der Waals surface area contributed by atoms with E-state index in [4.69, 9.17) is 4.74 Å². The second kappa shape index (κ2) is 9.74. The number of ether oxygens (including phenoxy) is 1. The van der Waals surface area contributed by atoms with Gasteiger partial charge in [-0.05, 0) is 68.8 Å². The molecule has 2 aliphatic rings. The summed E-state index contributed by atoms with van der Waals surface area (Å²) in [6.07, 6.45) is 7.57. The van der Waals surface area contributed by atoms with Gasteiger partial charge in [0.25, 0.3) is 0 Å². The van der Waals surface area contributed by atoms with Gasteiger partial charge in [0.05, 0.1) is 13.7 Å². The van der Waals surface area contributed by atoms with Gasteiger partial charge in [-0.3, -0.25) is 15.0 Å². The number of hydrogen-bond acceptors (Lipinski definition) is 4. The fourth-order valence-electron chi connectivity index (χ4n) is 4.10. The Morgan fingerprint density at radius 3 is 2.37 bits per heavy atom. The van der Waals surface area contributed by atoms with Gasteiger partial charge in [0, 0.05) is 6.04 Å². The van der Waals surface area contributed by atoms with Gasteiger partial charge in [-0.15, -0.1) is 0 Å². The molecule has 1 aromatic rings. The molecule has 3 amide bonds. The summed E-state index contributed by atoms with van der Waals surface area (Å²) in [5.41, 5.74) is 1.33. The Morgan fingerprint density at radius 1 is 1.07 bits per heavy atom. The van der Waals surface area contributed by atoms with Crippen LogP contribution in [0.25, 0.3) is 0 Å². The molecule has 0 radical (unpaired) electrons. The first-order valence-electron chi connectivity index (χ1n) is 10.1. The number of piperidine rings is 1. The number of amides is 3. The van der Waals surface area contributed by atoms with Crippen LogP contribution in [0.5, 0.6) is 5.75 Å². The molecule has 1 aliphatic heterocycles. The van der Waals surface area contributed by atoms with E-state index in [1.54, 1.807) is 7.11 Å². The third-order valence-corrected chi connectivity index (χ3v) is 5.70. The third kappa shape index (κ3) is 6.24. The van der Waals surface area contributed by atoms with Gasteiger partial charge in [-0.2, -0.15) is 0 Å². The van der Waals surface area contributed by atoms with Crippen LogP contribution in [0.2, 0.25) is 0 Å². The summed E-state index contributed by atoms with van der Waals surface area (Å²) in [6, 6.07) is 8.15. The zero-order chi connectivity index (χ0) is 19.1. The van der Waals surface area contributed by atoms with Gasteiger partial charge >= 0.3 is 6.03 Å². The molecule has 1 saturated heterocycles. The van der Waals surface area contributed by atoms with Crippen molar-refractivity contribution in [3.05, 3.63) is 29.8 Å². The first kappa shape index (κ1) is 19.7. The number of hydrogen-bond donors (Lipinski definition) is 2. The van der Waals surface area contributed by atoms with Crippen LogP contribution in [0, 0.1) is 5.92 Å². The summed E-state index contributed by atoms with van der Waals surface area (Å²) in [6.45, 7) is 2.10. The average molecular weight is 373 g/mol. The van der Waals surface area contributed by atoms with Crippen LogP contribution in [0.3, 0.4) is 0 Å². The van der Waals surface area contributed by atoms with Crippen molar-refractivity contribution in [2.24, 2.45) is 5.92 Å². The molecule has 0 aromatic heterocycles. The van der Waals surface area contributed by atoms with E-state index in [1.165, 1.54) is 5.56 Å². The van der Waals surface area contributed by atoms with Gasteiger partial charge in [0.1, 0.15) is 5.75 Å². The minimum atomic E-state index is -0.346. The van der Waals surface area contributed by atoms with E-state index in [1.807, 2.05) is 12.1 Å². The maximum atomic E-state index is 12.1. The van der Waals surface area contributed by atoms with Crippen LogP contribution >= 0.6 is 0 Å². The molecule has 3 rings (SSSR count). The molecule has 0 bridgehead atoms. The standard InChI is InChI=1S/C21H31N3O3/c1-27-19-8-6-16(7-9-19)14-17-10-12-24(13-11-17)15-20(25)23-21(26)22-18-4-2-3-5-18/h6-9,17-18H,2-5,10-15H2,1H3,(H2,22,23,25,26). The van der Waals surface area contributed by atoms with E-state index in [-0.39, 0.29) is 18.0 Å². The van der Waals surface area contributed by atoms with Crippen molar-refractivity contribution in [1.29, 1.82) is 0 Å². The number of nitrogens with zero attached hydrogens (tertiary/aromatic N) is 1. The Labute approximate surface area is 161 Å². The van der Waals surface area contributed by atoms with E-state index in [9.17, 15) is 9.59 Å². The zero-order valence-electron chi connectivity index (χ0n) is 16.2. The van der Waals surface area contributed by atoms with Crippen molar-refractivity contribution in [3.63, 3.8) is 0 Å². The molecular weight excluding hydrogens is 342 g/mol. The van der Waals surface area contributed by atoms with E-state index >= 15 is 0 Å². The quantitative estimate of drug-likeness (QED) is 0.804. The predicted octanol–water partition coefficient (Wildman–Crippen LogP) is 2.72. The Morgan fingerprint density at radius 2 is 1.74 bits per heavy atom. The molecule has 1 saturated carbocycles. The lowest BCUT2D eigenvalue weighted by atomic mass is 9.90. The first-order valence-corrected chi connectivity index (χ1v) is 10.1. The van der Waals surface area contributed by atoms with Gasteiger partial charge < -0.3 is 10.1 Å². The van der Waals surface area contributed by atoms with Crippen LogP contribution in [0.1, 0.15) is 44.1 Å². The van der Waals surface area contributed by atoms with Gasteiger partial charge in [0.2, 0.25) is 5.91 Å². The number of carbonyl (C=O) groups excluding carboxylic acids is 2. The zero-order valence-corrected chi connectivity index (χ0v) is 16.2. The highest BCUT2D eigenvalue weighted by molar-refractivity contribution is 5.95. The average Bonchev–Trinajstić information content (AvgIpc) is 3.16. The Kier molecular flexibility index (Phi) is 7.10. The second-order valence-electron chi connectivity index (χ2n) is 7.77. The van der Waals surface area contributed by atoms with E-state index < -0.39 is 0 Å². The summed E-state index contributed by atoms with van der Waals surface area (Å²) in [5, 5.41) is 5.36. The van der Waals surface area contributed by atoms with Crippen molar-refractivity contribution >= 4 is 11.9 Å². The molecule has 0 atom stereocenters. The molecule has 2 fully saturated rings. The number of imide groups is 1. The molecular formula is C21H31N3O3. The van der Waals surface area contributed by atoms with E-state index in [2.05, 4.69) is 27.7 Å². The van der Waals surface area contributed by atoms with Gasteiger partial charge in [0.15, 0.2) is 0 Å². The smallest absolute Gasteiger partial charge is 0.321 e. The first-order chi connectivity index (χ1) is 13.1. The molecule has 1 aliphatic carbocycles. The molecule has 1 heterocycles. The highest BCUT2D eigenvalue weighted by Crippen LogP contribution is 2.23. The van der Waals surface area contributed by atoms with Crippen molar-refractivity contribution in [3.8, 4) is 5.75 Å². The summed E-state index contributed by atoms with van der Waals surface area (Å²) in [5.74, 6) is 1.32. The summed E-state index contributed by atoms with van der Waals surface area (Å²) in [4.78, 5) is 26.1. The Hall–Kier alpha value is -2.08. The highest BCUT2D eigenvalue weighted by atomic mass is 16.5. The van der Waals surface area contributed by atoms with Gasteiger partial charge in [-0.1, -0.05) is 25.0 Å². The SMILES string of the molecule is COc1ccc(CC2CCN(CC(=O)NC(=O)NC3CCCC3)CC2)cc1. The van der Waals surface area contributed by atoms with Crippen LogP contribution in [0.15, 0.2) is 24.3 Å². The topological polar surface area (TPSA) is 70.7 Å². The lowest BCUT2D eigenvalue weighted by Gasteiger charge is -2.31. The molecule has 148 valence electrons. The predicted molar refractivity (Wildman–Crippen MR) is 105 cm³/mol. The van der Waals surface area contributed by atoms with Crippen molar-refractivity contribution in [1.82, 2.24) is 15.5 Å². The summed E-state index contributed by atoms with van der Waals surface area (Å²) < 4.78 is 5.20. The van der Waals surface area contributed by atoms with Gasteiger partial charge in [-0.25, -0.2) is 4.79 Å².